The average Bonchev–Trinajstić information content (AvgIpc) is 2.64. The zero-order chi connectivity index (χ0) is 18.2. The predicted octanol–water partition coefficient (Wildman–Crippen LogP) is 3.61. The van der Waals surface area contributed by atoms with Crippen LogP contribution in [0, 0.1) is 32.8 Å². The molecule has 0 bridgehead atoms. The van der Waals surface area contributed by atoms with Crippen LogP contribution in [-0.4, -0.2) is 12.0 Å². The monoisotopic (exact) mass is 335 g/mol. The minimum absolute atomic E-state index is 0.0898. The molecule has 7 nitrogen and oxygen atoms in total. The first kappa shape index (κ1) is 17.5. The molecule has 0 aliphatic carbocycles. The fourth-order valence-electron chi connectivity index (χ4n) is 2.09. The molecule has 0 saturated heterocycles. The highest BCUT2D eigenvalue weighted by molar-refractivity contribution is 5.71. The van der Waals surface area contributed by atoms with E-state index in [2.05, 4.69) is 0 Å². The number of nitrogens with zero attached hydrogens (tertiary/aromatic N) is 3. The van der Waals surface area contributed by atoms with Crippen molar-refractivity contribution in [1.82, 2.24) is 0 Å². The normalized spacial score (nSPS) is 9.40. The van der Waals surface area contributed by atoms with E-state index in [-0.39, 0.29) is 34.9 Å². The average molecular weight is 335 g/mol. The van der Waals surface area contributed by atoms with Crippen LogP contribution in [0.15, 0.2) is 48.0 Å². The fraction of sp³-hybridized carbons (Fsp3) is 0.111. The van der Waals surface area contributed by atoms with E-state index in [0.717, 1.165) is 11.6 Å². The van der Waals surface area contributed by atoms with Crippen LogP contribution in [0.3, 0.4) is 0 Å². The van der Waals surface area contributed by atoms with Gasteiger partial charge in [-0.3, -0.25) is 10.1 Å². The molecule has 0 aromatic heterocycles. The molecule has 0 radical (unpaired) electrons. The highest BCUT2D eigenvalue weighted by Gasteiger charge is 2.19. The number of nitro benzene ring substituents is 1. The maximum absolute atomic E-state index is 11.3. The molecule has 0 spiro atoms. The van der Waals surface area contributed by atoms with Crippen molar-refractivity contribution in [3.05, 3.63) is 69.3 Å². The number of rotatable bonds is 6. The lowest BCUT2D eigenvalue weighted by atomic mass is 10.1. The van der Waals surface area contributed by atoms with Crippen molar-refractivity contribution in [3.8, 4) is 23.6 Å². The van der Waals surface area contributed by atoms with Crippen LogP contribution in [0.2, 0.25) is 0 Å². The minimum Gasteiger partial charge on any atom is -0.493 e. The summed E-state index contributed by atoms with van der Waals surface area (Å²) in [6.07, 6.45) is 1.14. The summed E-state index contributed by atoms with van der Waals surface area (Å²) in [4.78, 5) is 10.7. The van der Waals surface area contributed by atoms with E-state index in [1.54, 1.807) is 12.1 Å². The second kappa shape index (κ2) is 8.14. The van der Waals surface area contributed by atoms with Crippen molar-refractivity contribution in [2.24, 2.45) is 0 Å². The predicted molar refractivity (Wildman–Crippen MR) is 89.6 cm³/mol. The maximum Gasteiger partial charge on any atom is 0.280 e. The van der Waals surface area contributed by atoms with E-state index in [0.29, 0.717) is 0 Å². The summed E-state index contributed by atoms with van der Waals surface area (Å²) in [7, 11) is 1.40. The highest BCUT2D eigenvalue weighted by atomic mass is 16.6. The van der Waals surface area contributed by atoms with Crippen LogP contribution in [0.5, 0.6) is 11.5 Å². The van der Waals surface area contributed by atoms with E-state index in [4.69, 9.17) is 20.0 Å². The molecule has 124 valence electrons. The molecule has 0 amide bonds. The summed E-state index contributed by atoms with van der Waals surface area (Å²) in [5.41, 5.74) is 0.453. The van der Waals surface area contributed by atoms with Gasteiger partial charge in [0.2, 0.25) is 0 Å². The van der Waals surface area contributed by atoms with Gasteiger partial charge in [-0.15, -0.1) is 0 Å². The molecule has 0 saturated carbocycles. The summed E-state index contributed by atoms with van der Waals surface area (Å²) in [6, 6.07) is 15.3. The van der Waals surface area contributed by atoms with Crippen LogP contribution in [0.25, 0.3) is 6.08 Å². The molecule has 0 aliphatic rings. The third-order valence-corrected chi connectivity index (χ3v) is 3.29. The number of ether oxygens (including phenoxy) is 2. The Hall–Kier alpha value is -3.84. The van der Waals surface area contributed by atoms with Gasteiger partial charge in [-0.25, -0.2) is 0 Å². The SMILES string of the molecule is COc1cc(C=C(C#N)C#N)c([N+](=O)[O-])cc1OCc1ccccc1. The van der Waals surface area contributed by atoms with Crippen molar-refractivity contribution < 1.29 is 14.4 Å². The minimum atomic E-state index is -0.604. The van der Waals surface area contributed by atoms with Gasteiger partial charge in [-0.05, 0) is 17.7 Å². The van der Waals surface area contributed by atoms with E-state index >= 15 is 0 Å². The van der Waals surface area contributed by atoms with Gasteiger partial charge in [0.25, 0.3) is 5.69 Å². The maximum atomic E-state index is 11.3. The van der Waals surface area contributed by atoms with E-state index < -0.39 is 4.92 Å². The lowest BCUT2D eigenvalue weighted by molar-refractivity contribution is -0.385. The second-order valence-electron chi connectivity index (χ2n) is 4.87. The van der Waals surface area contributed by atoms with E-state index in [9.17, 15) is 10.1 Å². The first-order chi connectivity index (χ1) is 12.1. The Morgan fingerprint density at radius 2 is 1.88 bits per heavy atom. The molecule has 0 aliphatic heterocycles. The lowest BCUT2D eigenvalue weighted by Gasteiger charge is -2.12. The molecule has 0 fully saturated rings. The zero-order valence-corrected chi connectivity index (χ0v) is 13.3. The Morgan fingerprint density at radius 1 is 1.20 bits per heavy atom. The Kier molecular flexibility index (Phi) is 5.70. The first-order valence-corrected chi connectivity index (χ1v) is 7.14. The van der Waals surface area contributed by atoms with Crippen molar-refractivity contribution in [2.45, 2.75) is 6.61 Å². The number of nitro groups is 1. The third kappa shape index (κ3) is 4.34. The smallest absolute Gasteiger partial charge is 0.280 e. The van der Waals surface area contributed by atoms with Gasteiger partial charge < -0.3 is 9.47 Å². The van der Waals surface area contributed by atoms with Crippen LogP contribution in [0.1, 0.15) is 11.1 Å². The second-order valence-corrected chi connectivity index (χ2v) is 4.87. The van der Waals surface area contributed by atoms with Gasteiger partial charge in [0.15, 0.2) is 11.5 Å². The summed E-state index contributed by atoms with van der Waals surface area (Å²) in [5, 5.41) is 29.0. The molecular weight excluding hydrogens is 322 g/mol. The van der Waals surface area contributed by atoms with Crippen molar-refractivity contribution >= 4 is 11.8 Å². The summed E-state index contributed by atoms with van der Waals surface area (Å²) >= 11 is 0. The Morgan fingerprint density at radius 3 is 2.44 bits per heavy atom. The van der Waals surface area contributed by atoms with Crippen LogP contribution < -0.4 is 9.47 Å². The first-order valence-electron chi connectivity index (χ1n) is 7.14. The van der Waals surface area contributed by atoms with Crippen molar-refractivity contribution in [3.63, 3.8) is 0 Å². The van der Waals surface area contributed by atoms with E-state index in [1.807, 2.05) is 30.3 Å². The molecule has 25 heavy (non-hydrogen) atoms. The summed E-state index contributed by atoms with van der Waals surface area (Å²) in [5.74, 6) is 0.466. The van der Waals surface area contributed by atoms with Gasteiger partial charge in [0.1, 0.15) is 24.3 Å². The number of hydrogen-bond acceptors (Lipinski definition) is 6. The molecule has 2 rings (SSSR count). The molecular formula is C18H13N3O4. The number of methoxy groups -OCH3 is 1. The van der Waals surface area contributed by atoms with Crippen molar-refractivity contribution in [1.29, 1.82) is 10.5 Å². The Balaban J connectivity index is 2.43. The summed E-state index contributed by atoms with van der Waals surface area (Å²) in [6.45, 7) is 0.213. The Labute approximate surface area is 144 Å². The van der Waals surface area contributed by atoms with Gasteiger partial charge >= 0.3 is 0 Å². The number of nitriles is 2. The van der Waals surface area contributed by atoms with Gasteiger partial charge in [0.05, 0.1) is 23.7 Å². The molecule has 0 unspecified atom stereocenters. The van der Waals surface area contributed by atoms with Gasteiger partial charge in [-0.1, -0.05) is 30.3 Å². The fourth-order valence-corrected chi connectivity index (χ4v) is 2.09. The number of benzene rings is 2. The van der Waals surface area contributed by atoms with Crippen molar-refractivity contribution in [2.75, 3.05) is 7.11 Å². The van der Waals surface area contributed by atoms with Crippen LogP contribution in [0.4, 0.5) is 5.69 Å². The number of hydrogen-bond donors (Lipinski definition) is 0. The summed E-state index contributed by atoms with van der Waals surface area (Å²) < 4.78 is 10.9. The van der Waals surface area contributed by atoms with Gasteiger partial charge in [-0.2, -0.15) is 10.5 Å². The highest BCUT2D eigenvalue weighted by Crippen LogP contribution is 2.36. The third-order valence-electron chi connectivity index (χ3n) is 3.29. The zero-order valence-electron chi connectivity index (χ0n) is 13.3. The molecule has 0 N–H and O–H groups in total. The standard InChI is InChI=1S/C18H13N3O4/c1-24-17-8-15(7-14(10-19)11-20)16(21(22)23)9-18(17)25-12-13-5-3-2-4-6-13/h2-9H,12H2,1H3. The van der Waals surface area contributed by atoms with Crippen LogP contribution in [-0.2, 0) is 6.61 Å². The molecule has 0 heterocycles. The largest absolute Gasteiger partial charge is 0.493 e. The topological polar surface area (TPSA) is 109 Å². The van der Waals surface area contributed by atoms with Gasteiger partial charge in [0, 0.05) is 0 Å². The Bertz CT molecular complexity index is 877. The molecule has 2 aromatic carbocycles. The molecule has 0 atom stereocenters. The molecule has 2 aromatic rings. The van der Waals surface area contributed by atoms with Crippen LogP contribution >= 0.6 is 0 Å². The van der Waals surface area contributed by atoms with E-state index in [1.165, 1.54) is 19.2 Å². The molecule has 7 heteroatoms. The lowest BCUT2D eigenvalue weighted by Crippen LogP contribution is -2.00. The number of allylic oxidation sites excluding steroid dienone is 1. The quantitative estimate of drug-likeness (QED) is 0.453.